The van der Waals surface area contributed by atoms with Gasteiger partial charge in [0.05, 0.1) is 7.11 Å². The van der Waals surface area contributed by atoms with E-state index in [1.807, 2.05) is 20.8 Å². The van der Waals surface area contributed by atoms with Crippen molar-refractivity contribution >= 4 is 11.8 Å². The van der Waals surface area contributed by atoms with Crippen LogP contribution in [-0.2, 0) is 4.74 Å². The highest BCUT2D eigenvalue weighted by Crippen LogP contribution is 2.31. The molecule has 0 radical (unpaired) electrons. The Balaban J connectivity index is 2.02. The second-order valence-corrected chi connectivity index (χ2v) is 5.89. The second-order valence-electron chi connectivity index (χ2n) is 5.89. The smallest absolute Gasteiger partial charge is 0.412 e. The number of ether oxygens (including phenoxy) is 3. The maximum Gasteiger partial charge on any atom is 0.412 e. The third kappa shape index (κ3) is 4.53. The van der Waals surface area contributed by atoms with E-state index in [0.717, 1.165) is 13.1 Å². The molecule has 116 valence electrons. The van der Waals surface area contributed by atoms with Crippen LogP contribution in [-0.4, -0.2) is 38.0 Å². The minimum absolute atomic E-state index is 0.170. The van der Waals surface area contributed by atoms with Crippen LogP contribution >= 0.6 is 0 Å². The van der Waals surface area contributed by atoms with Gasteiger partial charge in [0.15, 0.2) is 11.5 Å². The molecule has 0 unspecified atom stereocenters. The summed E-state index contributed by atoms with van der Waals surface area (Å²) < 4.78 is 16.3. The lowest BCUT2D eigenvalue weighted by Gasteiger charge is -2.28. The predicted octanol–water partition coefficient (Wildman–Crippen LogP) is 2.39. The Kier molecular flexibility index (Phi) is 4.57. The first-order valence-corrected chi connectivity index (χ1v) is 6.93. The molecule has 1 amide bonds. The van der Waals surface area contributed by atoms with Crippen molar-refractivity contribution in [1.29, 1.82) is 0 Å². The molecule has 0 spiro atoms. The summed E-state index contributed by atoms with van der Waals surface area (Å²) in [6, 6.07) is 5.25. The average molecular weight is 294 g/mol. The monoisotopic (exact) mass is 294 g/mol. The van der Waals surface area contributed by atoms with Crippen LogP contribution in [0.25, 0.3) is 0 Å². The molecule has 0 saturated carbocycles. The zero-order valence-electron chi connectivity index (χ0n) is 12.9. The first-order chi connectivity index (χ1) is 9.87. The molecule has 2 N–H and O–H groups in total. The van der Waals surface area contributed by atoms with Gasteiger partial charge in [-0.1, -0.05) is 0 Å². The Bertz CT molecular complexity index is 507. The molecule has 0 bridgehead atoms. The molecular weight excluding hydrogens is 272 g/mol. The van der Waals surface area contributed by atoms with Crippen LogP contribution < -0.4 is 20.1 Å². The van der Waals surface area contributed by atoms with Gasteiger partial charge in [-0.3, -0.25) is 5.32 Å². The van der Waals surface area contributed by atoms with Gasteiger partial charge < -0.3 is 19.5 Å². The number of anilines is 1. The van der Waals surface area contributed by atoms with Crippen molar-refractivity contribution in [2.45, 2.75) is 32.5 Å². The van der Waals surface area contributed by atoms with E-state index >= 15 is 0 Å². The number of carbonyl (C=O) groups excluding carboxylic acids is 1. The van der Waals surface area contributed by atoms with Crippen LogP contribution in [0.4, 0.5) is 10.5 Å². The molecule has 1 aliphatic rings. The summed E-state index contributed by atoms with van der Waals surface area (Å²) >= 11 is 0. The standard InChI is InChI=1S/C15H22N2O4/c1-15(2,3)21-14(18)17-10-5-6-12(13(7-10)19-4)20-11-8-16-9-11/h5-7,11,16H,8-9H2,1-4H3,(H,17,18). The SMILES string of the molecule is COc1cc(NC(=O)OC(C)(C)C)ccc1OC1CNC1. The van der Waals surface area contributed by atoms with Crippen LogP contribution in [0.15, 0.2) is 18.2 Å². The Morgan fingerprint density at radius 3 is 2.52 bits per heavy atom. The van der Waals surface area contributed by atoms with Gasteiger partial charge in [0.2, 0.25) is 0 Å². The number of benzene rings is 1. The number of methoxy groups -OCH3 is 1. The minimum atomic E-state index is -0.533. The Morgan fingerprint density at radius 2 is 2.00 bits per heavy atom. The quantitative estimate of drug-likeness (QED) is 0.892. The first-order valence-electron chi connectivity index (χ1n) is 6.93. The topological polar surface area (TPSA) is 68.8 Å². The number of rotatable bonds is 4. The second kappa shape index (κ2) is 6.22. The summed E-state index contributed by atoms with van der Waals surface area (Å²) in [6.45, 7) is 7.12. The maximum absolute atomic E-state index is 11.7. The van der Waals surface area contributed by atoms with E-state index in [1.54, 1.807) is 25.3 Å². The molecule has 6 nitrogen and oxygen atoms in total. The summed E-state index contributed by atoms with van der Waals surface area (Å²) in [5, 5.41) is 5.81. The summed E-state index contributed by atoms with van der Waals surface area (Å²) in [5.74, 6) is 1.24. The zero-order chi connectivity index (χ0) is 15.5. The molecule has 6 heteroatoms. The highest BCUT2D eigenvalue weighted by atomic mass is 16.6. The van der Waals surface area contributed by atoms with Crippen LogP contribution in [0.5, 0.6) is 11.5 Å². The number of amides is 1. The number of hydrogen-bond donors (Lipinski definition) is 2. The van der Waals surface area contributed by atoms with Crippen LogP contribution in [0.2, 0.25) is 0 Å². The molecule has 0 atom stereocenters. The Morgan fingerprint density at radius 1 is 1.29 bits per heavy atom. The van der Waals surface area contributed by atoms with Crippen molar-refractivity contribution in [2.75, 3.05) is 25.5 Å². The highest BCUT2D eigenvalue weighted by Gasteiger charge is 2.21. The lowest BCUT2D eigenvalue weighted by molar-refractivity contribution is 0.0636. The van der Waals surface area contributed by atoms with Gasteiger partial charge in [0.1, 0.15) is 11.7 Å². The summed E-state index contributed by atoms with van der Waals surface area (Å²) in [7, 11) is 1.57. The fraction of sp³-hybridized carbons (Fsp3) is 0.533. The molecule has 2 rings (SSSR count). The van der Waals surface area contributed by atoms with Crippen molar-refractivity contribution in [3.05, 3.63) is 18.2 Å². The third-order valence-electron chi connectivity index (χ3n) is 2.85. The third-order valence-corrected chi connectivity index (χ3v) is 2.85. The Labute approximate surface area is 124 Å². The van der Waals surface area contributed by atoms with E-state index < -0.39 is 11.7 Å². The van der Waals surface area contributed by atoms with E-state index in [0.29, 0.717) is 17.2 Å². The van der Waals surface area contributed by atoms with Gasteiger partial charge in [0.25, 0.3) is 0 Å². The molecular formula is C15H22N2O4. The maximum atomic E-state index is 11.7. The van der Waals surface area contributed by atoms with Crippen molar-refractivity contribution in [1.82, 2.24) is 5.32 Å². The fourth-order valence-corrected chi connectivity index (χ4v) is 1.79. The predicted molar refractivity (Wildman–Crippen MR) is 80.1 cm³/mol. The van der Waals surface area contributed by atoms with Crippen LogP contribution in [0, 0.1) is 0 Å². The summed E-state index contributed by atoms with van der Waals surface area (Å²) in [5.41, 5.74) is 0.0641. The molecule has 0 aromatic heterocycles. The molecule has 1 heterocycles. The molecule has 1 fully saturated rings. The van der Waals surface area contributed by atoms with Crippen molar-refractivity contribution in [3.63, 3.8) is 0 Å². The van der Waals surface area contributed by atoms with Crippen LogP contribution in [0.1, 0.15) is 20.8 Å². The van der Waals surface area contributed by atoms with E-state index in [-0.39, 0.29) is 6.10 Å². The van der Waals surface area contributed by atoms with Crippen LogP contribution in [0.3, 0.4) is 0 Å². The van der Waals surface area contributed by atoms with Crippen molar-refractivity contribution < 1.29 is 19.0 Å². The lowest BCUT2D eigenvalue weighted by Crippen LogP contribution is -2.50. The summed E-state index contributed by atoms with van der Waals surface area (Å²) in [6.07, 6.45) is -0.329. The van der Waals surface area contributed by atoms with E-state index in [1.165, 1.54) is 0 Å². The van der Waals surface area contributed by atoms with Crippen molar-refractivity contribution in [2.24, 2.45) is 0 Å². The van der Waals surface area contributed by atoms with E-state index in [4.69, 9.17) is 14.2 Å². The lowest BCUT2D eigenvalue weighted by atomic mass is 10.2. The van der Waals surface area contributed by atoms with Gasteiger partial charge in [-0.25, -0.2) is 4.79 Å². The molecule has 1 aromatic carbocycles. The number of hydrogen-bond acceptors (Lipinski definition) is 5. The van der Waals surface area contributed by atoms with Crippen molar-refractivity contribution in [3.8, 4) is 11.5 Å². The van der Waals surface area contributed by atoms with E-state index in [9.17, 15) is 4.79 Å². The largest absolute Gasteiger partial charge is 0.493 e. The van der Waals surface area contributed by atoms with Gasteiger partial charge in [-0.05, 0) is 32.9 Å². The first kappa shape index (κ1) is 15.4. The highest BCUT2D eigenvalue weighted by molar-refractivity contribution is 5.85. The zero-order valence-corrected chi connectivity index (χ0v) is 12.9. The fourth-order valence-electron chi connectivity index (χ4n) is 1.79. The van der Waals surface area contributed by atoms with E-state index in [2.05, 4.69) is 10.6 Å². The Hall–Kier alpha value is -1.95. The average Bonchev–Trinajstić information content (AvgIpc) is 2.32. The van der Waals surface area contributed by atoms with Gasteiger partial charge in [-0.2, -0.15) is 0 Å². The molecule has 1 saturated heterocycles. The number of nitrogens with one attached hydrogen (secondary N) is 2. The van der Waals surface area contributed by atoms with Gasteiger partial charge >= 0.3 is 6.09 Å². The minimum Gasteiger partial charge on any atom is -0.493 e. The normalized spacial score (nSPS) is 15.0. The van der Waals surface area contributed by atoms with Gasteiger partial charge in [-0.15, -0.1) is 0 Å². The molecule has 1 aromatic rings. The molecule has 21 heavy (non-hydrogen) atoms. The molecule has 1 aliphatic heterocycles. The summed E-state index contributed by atoms with van der Waals surface area (Å²) in [4.78, 5) is 11.7. The molecule has 0 aliphatic carbocycles. The van der Waals surface area contributed by atoms with Gasteiger partial charge in [0, 0.05) is 24.8 Å². The number of carbonyl (C=O) groups is 1.